The van der Waals surface area contributed by atoms with Crippen molar-refractivity contribution < 1.29 is 33.7 Å². The van der Waals surface area contributed by atoms with E-state index in [1.807, 2.05) is 0 Å². The van der Waals surface area contributed by atoms with Crippen LogP contribution in [0.1, 0.15) is 41.7 Å². The van der Waals surface area contributed by atoms with E-state index in [4.69, 9.17) is 9.47 Å². The van der Waals surface area contributed by atoms with E-state index < -0.39 is 45.9 Å². The number of carbonyl (C=O) groups is 2. The molecule has 4 rings (SSSR count). The van der Waals surface area contributed by atoms with Crippen molar-refractivity contribution in [1.29, 1.82) is 0 Å². The molecule has 0 fully saturated rings. The van der Waals surface area contributed by atoms with Crippen molar-refractivity contribution in [1.82, 2.24) is 4.98 Å². The maximum atomic E-state index is 13.8. The Bertz CT molecular complexity index is 1290. The molecule has 3 heterocycles. The monoisotopic (exact) mass is 475 g/mol. The maximum absolute atomic E-state index is 13.8. The molecular weight excluding hydrogens is 454 g/mol. The van der Waals surface area contributed by atoms with Crippen LogP contribution in [0, 0.1) is 10.1 Å². The minimum atomic E-state index is -1.49. The number of ether oxygens (including phenoxy) is 2. The summed E-state index contributed by atoms with van der Waals surface area (Å²) in [5, 5.41) is 24.3. The van der Waals surface area contributed by atoms with Crippen LogP contribution in [0.15, 0.2) is 90.9 Å². The number of carbonyl (C=O) groups excluding carboxylic acids is 2. The van der Waals surface area contributed by atoms with E-state index in [-0.39, 0.29) is 11.3 Å². The first kappa shape index (κ1) is 23.6. The van der Waals surface area contributed by atoms with Crippen LogP contribution in [0.5, 0.6) is 0 Å². The molecule has 35 heavy (non-hydrogen) atoms. The highest BCUT2D eigenvalue weighted by molar-refractivity contribution is 6.00. The minimum absolute atomic E-state index is 0.185. The maximum Gasteiger partial charge on any atom is 0.338 e. The van der Waals surface area contributed by atoms with Crippen LogP contribution in [-0.2, 0) is 14.3 Å². The summed E-state index contributed by atoms with van der Waals surface area (Å²) in [6.07, 6.45) is 6.15. The zero-order valence-electron chi connectivity index (χ0n) is 18.9. The third-order valence-corrected chi connectivity index (χ3v) is 5.48. The summed E-state index contributed by atoms with van der Waals surface area (Å²) < 4.78 is 12.2. The molecule has 0 radical (unpaired) electrons. The van der Waals surface area contributed by atoms with Crippen molar-refractivity contribution in [2.24, 2.45) is 0 Å². The fourth-order valence-electron chi connectivity index (χ4n) is 3.96. The summed E-state index contributed by atoms with van der Waals surface area (Å²) in [4.78, 5) is 41.6. The lowest BCUT2D eigenvalue weighted by Crippen LogP contribution is -2.50. The van der Waals surface area contributed by atoms with E-state index in [0.29, 0.717) is 5.56 Å². The zero-order chi connectivity index (χ0) is 25.2. The summed E-state index contributed by atoms with van der Waals surface area (Å²) >= 11 is 0. The van der Waals surface area contributed by atoms with Crippen molar-refractivity contribution in [2.45, 2.75) is 31.6 Å². The fraction of sp³-hybridized carbons (Fsp3) is 0.200. The number of ketones is 1. The Labute approximate surface area is 200 Å². The van der Waals surface area contributed by atoms with E-state index >= 15 is 0 Å². The van der Waals surface area contributed by atoms with Gasteiger partial charge in [-0.1, -0.05) is 18.2 Å². The molecule has 0 bridgehead atoms. The first-order valence-corrected chi connectivity index (χ1v) is 10.7. The number of nitrogens with zero attached hydrogens (tertiary/aromatic N) is 3. The summed E-state index contributed by atoms with van der Waals surface area (Å²) in [5.41, 5.74) is -0.0104. The Morgan fingerprint density at radius 3 is 2.31 bits per heavy atom. The van der Waals surface area contributed by atoms with Gasteiger partial charge in [0.2, 0.25) is 11.8 Å². The van der Waals surface area contributed by atoms with E-state index in [9.17, 15) is 24.8 Å². The Hall–Kier alpha value is -4.60. The van der Waals surface area contributed by atoms with Crippen LogP contribution < -0.4 is 9.67 Å². The second-order valence-electron chi connectivity index (χ2n) is 8.29. The van der Waals surface area contributed by atoms with Crippen molar-refractivity contribution in [2.75, 3.05) is 0 Å². The number of cyclic esters (lactones) is 1. The van der Waals surface area contributed by atoms with Gasteiger partial charge >= 0.3 is 5.97 Å². The third kappa shape index (κ3) is 4.86. The summed E-state index contributed by atoms with van der Waals surface area (Å²) in [7, 11) is 0. The van der Waals surface area contributed by atoms with E-state index in [1.165, 1.54) is 50.5 Å². The minimum Gasteiger partial charge on any atom is -0.575 e. The molecule has 1 aliphatic rings. The number of Topliss-reactive ketones (excluding diaryl/α,β-unsaturated/α-hetero) is 1. The topological polar surface area (TPSA) is 136 Å². The molecule has 178 valence electrons. The molecule has 0 aliphatic carbocycles. The molecule has 2 atom stereocenters. The number of rotatable bonds is 7. The summed E-state index contributed by atoms with van der Waals surface area (Å²) in [6.45, 7) is 2.84. The lowest BCUT2D eigenvalue weighted by atomic mass is 9.81. The van der Waals surface area contributed by atoms with Crippen molar-refractivity contribution in [3.05, 3.63) is 112 Å². The first-order chi connectivity index (χ1) is 16.7. The van der Waals surface area contributed by atoms with Gasteiger partial charge in [0.1, 0.15) is 0 Å². The highest BCUT2D eigenvalue weighted by Gasteiger charge is 2.45. The number of nitro benzene ring substituents is 1. The van der Waals surface area contributed by atoms with Crippen LogP contribution in [0.4, 0.5) is 5.69 Å². The Morgan fingerprint density at radius 2 is 1.74 bits per heavy atom. The van der Waals surface area contributed by atoms with Crippen molar-refractivity contribution in [3.63, 3.8) is 0 Å². The number of benzene rings is 1. The van der Waals surface area contributed by atoms with Crippen molar-refractivity contribution >= 4 is 17.4 Å². The second-order valence-corrected chi connectivity index (χ2v) is 8.29. The lowest BCUT2D eigenvalue weighted by molar-refractivity contribution is -0.710. The standard InChI is InChI=1S/C25H21N3O7/c1-25(2)34-23(30)20(24(31)35-25)19(16-8-10-18(11-9-16)28(32)33)21(27-13-4-3-5-14-27)22(29)17-7-6-12-26-15-17/h3-15,19,21H,1-2H3. The predicted molar refractivity (Wildman–Crippen MR) is 118 cm³/mol. The second kappa shape index (κ2) is 9.34. The SMILES string of the molecule is CC1(C)OC(=O)C(C(c2ccc([N+](=O)[O-])cc2)C(C(=O)c2cccnc2)[n+]2ccccc2)=C([O-])O1. The molecule has 1 aliphatic heterocycles. The molecule has 2 aromatic heterocycles. The molecule has 10 nitrogen and oxygen atoms in total. The van der Waals surface area contributed by atoms with Crippen LogP contribution in [-0.4, -0.2) is 27.4 Å². The Balaban J connectivity index is 1.96. The van der Waals surface area contributed by atoms with Gasteiger partial charge in [0, 0.05) is 42.2 Å². The predicted octanol–water partition coefficient (Wildman–Crippen LogP) is 2.37. The van der Waals surface area contributed by atoms with E-state index in [1.54, 1.807) is 47.3 Å². The van der Waals surface area contributed by atoms with Gasteiger partial charge < -0.3 is 14.6 Å². The van der Waals surface area contributed by atoms with Crippen LogP contribution in [0.25, 0.3) is 0 Å². The summed E-state index contributed by atoms with van der Waals surface area (Å²) in [5.74, 6) is -4.98. The molecule has 0 spiro atoms. The van der Waals surface area contributed by atoms with Crippen molar-refractivity contribution in [3.8, 4) is 0 Å². The van der Waals surface area contributed by atoms with Gasteiger partial charge in [-0.3, -0.25) is 19.9 Å². The smallest absolute Gasteiger partial charge is 0.338 e. The van der Waals surface area contributed by atoms with E-state index in [0.717, 1.165) is 0 Å². The number of non-ortho nitro benzene ring substituents is 1. The Kier molecular flexibility index (Phi) is 6.28. The van der Waals surface area contributed by atoms with Crippen LogP contribution in [0.2, 0.25) is 0 Å². The number of aromatic nitrogens is 2. The molecule has 2 unspecified atom stereocenters. The highest BCUT2D eigenvalue weighted by atomic mass is 16.8. The molecule has 10 heteroatoms. The molecule has 0 saturated heterocycles. The van der Waals surface area contributed by atoms with Gasteiger partial charge in [0.25, 0.3) is 5.69 Å². The normalized spacial score (nSPS) is 16.6. The zero-order valence-corrected chi connectivity index (χ0v) is 18.9. The fourth-order valence-corrected chi connectivity index (χ4v) is 3.96. The van der Waals surface area contributed by atoms with Gasteiger partial charge in [-0.2, -0.15) is 4.57 Å². The third-order valence-electron chi connectivity index (χ3n) is 5.48. The molecule has 0 saturated carbocycles. The number of hydrogen-bond donors (Lipinski definition) is 0. The van der Waals surface area contributed by atoms with Gasteiger partial charge in [-0.25, -0.2) is 4.79 Å². The van der Waals surface area contributed by atoms with E-state index in [2.05, 4.69) is 4.98 Å². The average Bonchev–Trinajstić information content (AvgIpc) is 2.83. The van der Waals surface area contributed by atoms with Crippen LogP contribution >= 0.6 is 0 Å². The van der Waals surface area contributed by atoms with Gasteiger partial charge in [-0.15, -0.1) is 0 Å². The van der Waals surface area contributed by atoms with Gasteiger partial charge in [0.05, 0.1) is 22.4 Å². The molecular formula is C25H21N3O7. The first-order valence-electron chi connectivity index (χ1n) is 10.7. The lowest BCUT2D eigenvalue weighted by Gasteiger charge is -2.41. The Morgan fingerprint density at radius 1 is 1.06 bits per heavy atom. The number of hydrogen-bond acceptors (Lipinski definition) is 8. The van der Waals surface area contributed by atoms with Gasteiger partial charge in [0.15, 0.2) is 18.2 Å². The highest BCUT2D eigenvalue weighted by Crippen LogP contribution is 2.40. The quantitative estimate of drug-likeness (QED) is 0.167. The molecule has 0 amide bonds. The number of esters is 1. The van der Waals surface area contributed by atoms with Crippen LogP contribution in [0.3, 0.4) is 0 Å². The molecule has 0 N–H and O–H groups in total. The largest absolute Gasteiger partial charge is 0.575 e. The summed E-state index contributed by atoms with van der Waals surface area (Å²) in [6, 6.07) is 12.5. The van der Waals surface area contributed by atoms with Gasteiger partial charge in [-0.05, 0) is 31.5 Å². The average molecular weight is 475 g/mol. The molecule has 1 aromatic carbocycles. The molecule has 3 aromatic rings. The number of pyridine rings is 2. The number of nitro groups is 1.